The molecule has 35 heavy (non-hydrogen) atoms. The number of piperidine rings is 1. The van der Waals surface area contributed by atoms with E-state index in [1.54, 1.807) is 7.11 Å². The van der Waals surface area contributed by atoms with Crippen molar-refractivity contribution < 1.29 is 19.4 Å². The second kappa shape index (κ2) is 7.93. The zero-order chi connectivity index (χ0) is 24.3. The third-order valence-electron chi connectivity index (χ3n) is 8.89. The van der Waals surface area contributed by atoms with Crippen molar-refractivity contribution in [3.8, 4) is 5.75 Å². The highest BCUT2D eigenvalue weighted by Gasteiger charge is 2.69. The Kier molecular flexibility index (Phi) is 5.06. The molecule has 0 aromatic heterocycles. The van der Waals surface area contributed by atoms with E-state index in [-0.39, 0.29) is 11.9 Å². The lowest BCUT2D eigenvalue weighted by Crippen LogP contribution is -2.76. The van der Waals surface area contributed by atoms with Gasteiger partial charge in [-0.2, -0.15) is 0 Å². The Labute approximate surface area is 205 Å². The van der Waals surface area contributed by atoms with Gasteiger partial charge in [-0.1, -0.05) is 48.6 Å². The normalized spacial score (nSPS) is 33.8. The lowest BCUT2D eigenvalue weighted by molar-refractivity contribution is -0.178. The van der Waals surface area contributed by atoms with Crippen molar-refractivity contribution in [1.29, 1.82) is 0 Å². The summed E-state index contributed by atoms with van der Waals surface area (Å²) in [7, 11) is 1.64. The number of hydrogen-bond donors (Lipinski definition) is 3. The van der Waals surface area contributed by atoms with Crippen LogP contribution in [0.15, 0.2) is 54.6 Å². The molecule has 182 valence electrons. The van der Waals surface area contributed by atoms with Gasteiger partial charge in [0.25, 0.3) is 5.91 Å². The fraction of sp³-hybridized carbons (Fsp3) is 0.429. The van der Waals surface area contributed by atoms with Crippen molar-refractivity contribution in [3.63, 3.8) is 0 Å². The summed E-state index contributed by atoms with van der Waals surface area (Å²) in [5, 5.41) is 17.9. The minimum Gasteiger partial charge on any atom is -0.497 e. The molecule has 2 saturated heterocycles. The number of rotatable bonds is 4. The first-order chi connectivity index (χ1) is 16.9. The average Bonchev–Trinajstić information content (AvgIpc) is 3.13. The van der Waals surface area contributed by atoms with Crippen LogP contribution in [0.3, 0.4) is 0 Å². The highest BCUT2D eigenvalue weighted by atomic mass is 16.5. The van der Waals surface area contributed by atoms with E-state index in [4.69, 9.17) is 4.74 Å². The molecule has 1 saturated carbocycles. The first kappa shape index (κ1) is 22.3. The van der Waals surface area contributed by atoms with Crippen molar-refractivity contribution in [3.05, 3.63) is 71.3 Å². The minimum atomic E-state index is -1.01. The maximum atomic E-state index is 13.0. The third-order valence-corrected chi connectivity index (χ3v) is 8.89. The van der Waals surface area contributed by atoms with Gasteiger partial charge in [0.1, 0.15) is 11.3 Å². The Hall–Kier alpha value is -3.16. The molecule has 7 heteroatoms. The number of nitrogens with zero attached hydrogens (tertiary/aromatic N) is 1. The molecule has 6 rings (SSSR count). The average molecular weight is 474 g/mol. The molecule has 7 nitrogen and oxygen atoms in total. The van der Waals surface area contributed by atoms with Crippen LogP contribution in [-0.2, 0) is 16.6 Å². The Bertz CT molecular complexity index is 1210. The van der Waals surface area contributed by atoms with Gasteiger partial charge in [0.15, 0.2) is 0 Å². The minimum absolute atomic E-state index is 0.0740. The maximum Gasteiger partial charge on any atom is 0.322 e. The molecule has 3 amide bonds. The standard InChI is InChI=1S/C28H31N3O4/c1-35-21-10-9-20-16-23-28(34)12-11-27(24(32)29-25(33)30-27)18-26(28,22(20)17-21)13-15-31(23)14-5-8-19-6-3-2-4-7-19/h2-10,17,23,34H,11-16,18H2,1H3,(H2,29,30,32,33). The van der Waals surface area contributed by atoms with Gasteiger partial charge in [-0.05, 0) is 67.5 Å². The zero-order valence-corrected chi connectivity index (χ0v) is 19.9. The maximum absolute atomic E-state index is 13.0. The number of urea groups is 1. The van der Waals surface area contributed by atoms with Gasteiger partial charge in [0.2, 0.25) is 0 Å². The molecule has 2 aromatic rings. The van der Waals surface area contributed by atoms with Crippen LogP contribution in [0, 0.1) is 0 Å². The van der Waals surface area contributed by atoms with E-state index < -0.39 is 22.6 Å². The van der Waals surface area contributed by atoms with Crippen molar-refractivity contribution in [2.45, 2.75) is 54.7 Å². The number of benzene rings is 2. The summed E-state index contributed by atoms with van der Waals surface area (Å²) in [5.41, 5.74) is 0.751. The lowest BCUT2D eigenvalue weighted by Gasteiger charge is -2.65. The number of nitrogens with one attached hydrogen (secondary N) is 2. The SMILES string of the molecule is COc1ccc2c(c1)C13CCN(CC=Cc4ccccc4)C(C2)C1(O)CCC1(C3)NC(=O)NC1=O. The van der Waals surface area contributed by atoms with Gasteiger partial charge in [-0.15, -0.1) is 0 Å². The summed E-state index contributed by atoms with van der Waals surface area (Å²) < 4.78 is 5.55. The van der Waals surface area contributed by atoms with Gasteiger partial charge in [0.05, 0.1) is 12.7 Å². The quantitative estimate of drug-likeness (QED) is 0.594. The Morgan fingerprint density at radius 1 is 1.14 bits per heavy atom. The number of fused-ring (bicyclic) bond motifs is 1. The number of methoxy groups -OCH3 is 1. The molecule has 3 fully saturated rings. The van der Waals surface area contributed by atoms with Crippen LogP contribution in [0.1, 0.15) is 42.4 Å². The highest BCUT2D eigenvalue weighted by Crippen LogP contribution is 2.60. The van der Waals surface area contributed by atoms with Gasteiger partial charge in [-0.3, -0.25) is 15.0 Å². The van der Waals surface area contributed by atoms with Crippen LogP contribution in [0.4, 0.5) is 4.79 Å². The van der Waals surface area contributed by atoms with Gasteiger partial charge in [-0.25, -0.2) is 4.79 Å². The number of carbonyl (C=O) groups is 2. The molecule has 1 spiro atoms. The second-order valence-electron chi connectivity index (χ2n) is 10.5. The van der Waals surface area contributed by atoms with Crippen LogP contribution in [0.2, 0.25) is 0 Å². The summed E-state index contributed by atoms with van der Waals surface area (Å²) in [6.45, 7) is 1.54. The van der Waals surface area contributed by atoms with E-state index in [9.17, 15) is 14.7 Å². The number of ether oxygens (including phenoxy) is 1. The number of aliphatic hydroxyl groups is 1. The monoisotopic (exact) mass is 473 g/mol. The summed E-state index contributed by atoms with van der Waals surface area (Å²) in [4.78, 5) is 27.5. The smallest absolute Gasteiger partial charge is 0.322 e. The molecular formula is C28H31N3O4. The number of imide groups is 1. The topological polar surface area (TPSA) is 90.9 Å². The fourth-order valence-corrected chi connectivity index (χ4v) is 7.19. The van der Waals surface area contributed by atoms with E-state index in [0.717, 1.165) is 36.4 Å². The molecule has 4 unspecified atom stereocenters. The van der Waals surface area contributed by atoms with Crippen LogP contribution < -0.4 is 15.4 Å². The summed E-state index contributed by atoms with van der Waals surface area (Å²) >= 11 is 0. The van der Waals surface area contributed by atoms with Crippen molar-refractivity contribution in [1.82, 2.24) is 15.5 Å². The first-order valence-corrected chi connectivity index (χ1v) is 12.4. The largest absolute Gasteiger partial charge is 0.497 e. The number of amides is 3. The lowest BCUT2D eigenvalue weighted by atomic mass is 9.46. The van der Waals surface area contributed by atoms with Gasteiger partial charge >= 0.3 is 6.03 Å². The van der Waals surface area contributed by atoms with E-state index >= 15 is 0 Å². The Morgan fingerprint density at radius 3 is 2.71 bits per heavy atom. The Balaban J connectivity index is 1.39. The number of hydrogen-bond acceptors (Lipinski definition) is 5. The highest BCUT2D eigenvalue weighted by molar-refractivity contribution is 6.07. The van der Waals surface area contributed by atoms with Gasteiger partial charge in [0, 0.05) is 18.0 Å². The van der Waals surface area contributed by atoms with E-state index in [2.05, 4.69) is 45.9 Å². The first-order valence-electron chi connectivity index (χ1n) is 12.4. The van der Waals surface area contributed by atoms with Crippen LogP contribution >= 0.6 is 0 Å². The molecule has 2 aliphatic heterocycles. The molecule has 2 bridgehead atoms. The molecule has 0 radical (unpaired) electrons. The fourth-order valence-electron chi connectivity index (χ4n) is 7.19. The molecule has 4 aliphatic rings. The molecule has 2 heterocycles. The van der Waals surface area contributed by atoms with E-state index in [0.29, 0.717) is 25.7 Å². The molecule has 2 aromatic carbocycles. The molecule has 4 atom stereocenters. The number of likely N-dealkylation sites (tertiary alicyclic amines) is 1. The summed E-state index contributed by atoms with van der Waals surface area (Å²) in [6.07, 6.45) is 6.99. The molecule has 3 N–H and O–H groups in total. The van der Waals surface area contributed by atoms with Gasteiger partial charge < -0.3 is 15.2 Å². The number of carbonyl (C=O) groups excluding carboxylic acids is 2. The molecule has 2 aliphatic carbocycles. The zero-order valence-electron chi connectivity index (χ0n) is 19.9. The third kappa shape index (κ3) is 3.25. The van der Waals surface area contributed by atoms with Crippen molar-refractivity contribution >= 4 is 18.0 Å². The summed E-state index contributed by atoms with van der Waals surface area (Å²) in [6, 6.07) is 15.8. The van der Waals surface area contributed by atoms with Crippen LogP contribution in [0.25, 0.3) is 6.08 Å². The van der Waals surface area contributed by atoms with Crippen molar-refractivity contribution in [2.24, 2.45) is 0 Å². The van der Waals surface area contributed by atoms with E-state index in [1.807, 2.05) is 30.3 Å². The van der Waals surface area contributed by atoms with Crippen molar-refractivity contribution in [2.75, 3.05) is 20.2 Å². The molecular weight excluding hydrogens is 442 g/mol. The predicted octanol–water partition coefficient (Wildman–Crippen LogP) is 2.77. The van der Waals surface area contributed by atoms with Crippen LogP contribution in [0.5, 0.6) is 5.75 Å². The van der Waals surface area contributed by atoms with E-state index in [1.165, 1.54) is 5.56 Å². The predicted molar refractivity (Wildman–Crippen MR) is 132 cm³/mol. The Morgan fingerprint density at radius 2 is 1.97 bits per heavy atom. The summed E-state index contributed by atoms with van der Waals surface area (Å²) in [5.74, 6) is 0.463. The van der Waals surface area contributed by atoms with Crippen LogP contribution in [-0.4, -0.2) is 59.3 Å². The second-order valence-corrected chi connectivity index (χ2v) is 10.5.